The molecule has 1 amide bonds. The molecule has 1 heterocycles. The lowest BCUT2D eigenvalue weighted by Crippen LogP contribution is -2.55. The quantitative estimate of drug-likeness (QED) is 0.316. The predicted molar refractivity (Wildman–Crippen MR) is 152 cm³/mol. The number of carboxylic acid groups (broad SMARTS) is 1. The van der Waals surface area contributed by atoms with Crippen LogP contribution < -0.4 is 10.1 Å². The molecule has 0 saturated heterocycles. The molecule has 1 aliphatic rings. The van der Waals surface area contributed by atoms with Gasteiger partial charge in [0.1, 0.15) is 11.3 Å². The normalized spacial score (nSPS) is 14.7. The molecule has 39 heavy (non-hydrogen) atoms. The van der Waals surface area contributed by atoms with Crippen molar-refractivity contribution in [3.8, 4) is 28.1 Å². The zero-order valence-corrected chi connectivity index (χ0v) is 23.4. The Hall–Kier alpha value is -3.49. The Kier molecular flexibility index (Phi) is 9.20. The highest BCUT2D eigenvalue weighted by Gasteiger charge is 2.41. The average molecular weight is 551 g/mol. The van der Waals surface area contributed by atoms with E-state index in [0.29, 0.717) is 41.5 Å². The Morgan fingerprint density at radius 2 is 1.85 bits per heavy atom. The Balaban J connectivity index is 1.73. The number of amides is 1. The van der Waals surface area contributed by atoms with E-state index in [1.807, 2.05) is 57.4 Å². The molecule has 0 spiro atoms. The lowest BCUT2D eigenvalue weighted by Gasteiger charge is -2.33. The number of carbonyl (C=O) groups excluding carboxylic acids is 1. The summed E-state index contributed by atoms with van der Waals surface area (Å²) >= 11 is 6.45. The highest BCUT2D eigenvalue weighted by atomic mass is 35.5. The summed E-state index contributed by atoms with van der Waals surface area (Å²) in [5.74, 6) is -1.19. The lowest BCUT2D eigenvalue weighted by atomic mass is 9.81. The van der Waals surface area contributed by atoms with Gasteiger partial charge in [-0.2, -0.15) is 0 Å². The molecule has 0 atom stereocenters. The van der Waals surface area contributed by atoms with Crippen LogP contribution in [0.4, 0.5) is 0 Å². The van der Waals surface area contributed by atoms with Gasteiger partial charge in [0.2, 0.25) is 5.82 Å². The molecule has 1 saturated carbocycles. The molecule has 0 radical (unpaired) electrons. The number of hydrogen-bond acceptors (Lipinski definition) is 6. The van der Waals surface area contributed by atoms with Crippen molar-refractivity contribution < 1.29 is 19.4 Å². The van der Waals surface area contributed by atoms with E-state index in [1.54, 1.807) is 12.3 Å². The molecule has 0 bridgehead atoms. The van der Waals surface area contributed by atoms with Crippen molar-refractivity contribution in [1.29, 1.82) is 0 Å². The molecule has 206 valence electrons. The van der Waals surface area contributed by atoms with Crippen LogP contribution in [0.5, 0.6) is 5.75 Å². The van der Waals surface area contributed by atoms with E-state index in [0.717, 1.165) is 48.9 Å². The minimum Gasteiger partial charge on any atom is -0.492 e. The van der Waals surface area contributed by atoms with Gasteiger partial charge in [0.15, 0.2) is 0 Å². The molecule has 1 aromatic heterocycles. The highest BCUT2D eigenvalue weighted by molar-refractivity contribution is 6.32. The second-order valence-corrected chi connectivity index (χ2v) is 10.7. The van der Waals surface area contributed by atoms with E-state index < -0.39 is 17.4 Å². The third-order valence-corrected chi connectivity index (χ3v) is 7.42. The van der Waals surface area contributed by atoms with Gasteiger partial charge < -0.3 is 20.1 Å². The fraction of sp³-hybridized carbons (Fsp3) is 0.400. The highest BCUT2D eigenvalue weighted by Crippen LogP contribution is 2.36. The lowest BCUT2D eigenvalue weighted by molar-refractivity contribution is -0.145. The van der Waals surface area contributed by atoms with E-state index in [9.17, 15) is 14.7 Å². The minimum absolute atomic E-state index is 0.0862. The van der Waals surface area contributed by atoms with Crippen LogP contribution in [-0.2, 0) is 4.79 Å². The number of halogens is 1. The van der Waals surface area contributed by atoms with Crippen LogP contribution >= 0.6 is 11.6 Å². The van der Waals surface area contributed by atoms with Crippen LogP contribution in [0.3, 0.4) is 0 Å². The van der Waals surface area contributed by atoms with E-state index in [-0.39, 0.29) is 5.82 Å². The van der Waals surface area contributed by atoms with Gasteiger partial charge in [-0.05, 0) is 63.5 Å². The van der Waals surface area contributed by atoms with E-state index in [2.05, 4.69) is 20.2 Å². The first-order valence-corrected chi connectivity index (χ1v) is 13.6. The SMILES string of the molecule is Cc1ccccc1-c1cnc(C(=O)NC2(C(=O)O)CCCCC2)nc1-c1ccc(Cl)c(OCCCN(C)C)c1. The molecular weight excluding hydrogens is 516 g/mol. The van der Waals surface area contributed by atoms with Crippen molar-refractivity contribution in [3.63, 3.8) is 0 Å². The van der Waals surface area contributed by atoms with Crippen molar-refractivity contribution in [2.75, 3.05) is 27.2 Å². The van der Waals surface area contributed by atoms with Gasteiger partial charge in [-0.3, -0.25) is 4.79 Å². The summed E-state index contributed by atoms with van der Waals surface area (Å²) in [6, 6.07) is 13.3. The van der Waals surface area contributed by atoms with Gasteiger partial charge in [0, 0.05) is 23.9 Å². The topological polar surface area (TPSA) is 105 Å². The summed E-state index contributed by atoms with van der Waals surface area (Å²) in [4.78, 5) is 36.6. The van der Waals surface area contributed by atoms with Crippen molar-refractivity contribution in [1.82, 2.24) is 20.2 Å². The zero-order valence-electron chi connectivity index (χ0n) is 22.7. The monoisotopic (exact) mass is 550 g/mol. The fourth-order valence-electron chi connectivity index (χ4n) is 4.93. The van der Waals surface area contributed by atoms with Crippen LogP contribution in [0.15, 0.2) is 48.7 Å². The molecule has 1 fully saturated rings. The van der Waals surface area contributed by atoms with Gasteiger partial charge in [0.25, 0.3) is 5.91 Å². The maximum atomic E-state index is 13.3. The largest absolute Gasteiger partial charge is 0.492 e. The smallest absolute Gasteiger partial charge is 0.329 e. The third-order valence-electron chi connectivity index (χ3n) is 7.11. The molecule has 8 nitrogen and oxygen atoms in total. The van der Waals surface area contributed by atoms with Gasteiger partial charge in [0.05, 0.1) is 17.3 Å². The first-order chi connectivity index (χ1) is 18.7. The molecule has 0 aliphatic heterocycles. The minimum atomic E-state index is -1.30. The number of carbonyl (C=O) groups is 2. The number of aliphatic carboxylic acids is 1. The standard InChI is InChI=1S/C30H35ClN4O4/c1-20-10-5-6-11-22(20)23-19-32-27(28(36)34-30(29(37)38)14-7-4-8-15-30)33-26(23)21-12-13-24(31)25(18-21)39-17-9-16-35(2)3/h5-6,10-13,18-19H,4,7-9,14-17H2,1-3H3,(H,34,36)(H,37,38). The number of aromatic nitrogens is 2. The second kappa shape index (κ2) is 12.6. The average Bonchev–Trinajstić information content (AvgIpc) is 2.92. The molecule has 0 unspecified atom stereocenters. The Morgan fingerprint density at radius 1 is 1.10 bits per heavy atom. The summed E-state index contributed by atoms with van der Waals surface area (Å²) in [5.41, 5.74) is 2.64. The van der Waals surface area contributed by atoms with Crippen LogP contribution in [0, 0.1) is 6.92 Å². The summed E-state index contributed by atoms with van der Waals surface area (Å²) in [7, 11) is 4.02. The number of benzene rings is 2. The summed E-state index contributed by atoms with van der Waals surface area (Å²) in [6.07, 6.45) is 5.67. The number of rotatable bonds is 10. The first kappa shape index (κ1) is 28.5. The maximum Gasteiger partial charge on any atom is 0.329 e. The molecule has 2 aromatic carbocycles. The van der Waals surface area contributed by atoms with Gasteiger partial charge in [-0.15, -0.1) is 0 Å². The van der Waals surface area contributed by atoms with Crippen LogP contribution in [-0.4, -0.2) is 64.6 Å². The van der Waals surface area contributed by atoms with Crippen LogP contribution in [0.2, 0.25) is 5.02 Å². The van der Waals surface area contributed by atoms with Gasteiger partial charge in [-0.1, -0.05) is 61.2 Å². The number of aryl methyl sites for hydroxylation is 1. The Labute approximate surface area is 234 Å². The maximum absolute atomic E-state index is 13.3. The first-order valence-electron chi connectivity index (χ1n) is 13.3. The second-order valence-electron chi connectivity index (χ2n) is 10.3. The van der Waals surface area contributed by atoms with Crippen LogP contribution in [0.25, 0.3) is 22.4 Å². The Morgan fingerprint density at radius 3 is 2.54 bits per heavy atom. The fourth-order valence-corrected chi connectivity index (χ4v) is 5.10. The van der Waals surface area contributed by atoms with E-state index >= 15 is 0 Å². The van der Waals surface area contributed by atoms with Gasteiger partial charge >= 0.3 is 5.97 Å². The number of hydrogen-bond donors (Lipinski definition) is 2. The van der Waals surface area contributed by atoms with Crippen LogP contribution in [0.1, 0.15) is 54.7 Å². The zero-order chi connectivity index (χ0) is 28.0. The number of carboxylic acids is 1. The summed E-state index contributed by atoms with van der Waals surface area (Å²) < 4.78 is 5.99. The number of ether oxygens (including phenoxy) is 1. The molecule has 9 heteroatoms. The molecular formula is C30H35ClN4O4. The Bertz CT molecular complexity index is 1340. The third kappa shape index (κ3) is 6.75. The van der Waals surface area contributed by atoms with Crippen molar-refractivity contribution in [2.24, 2.45) is 0 Å². The van der Waals surface area contributed by atoms with Crippen molar-refractivity contribution >= 4 is 23.5 Å². The molecule has 3 aromatic rings. The van der Waals surface area contributed by atoms with Crippen molar-refractivity contribution in [3.05, 3.63) is 65.1 Å². The molecule has 2 N–H and O–H groups in total. The predicted octanol–water partition coefficient (Wildman–Crippen LogP) is 5.62. The van der Waals surface area contributed by atoms with E-state index in [1.165, 1.54) is 0 Å². The van der Waals surface area contributed by atoms with E-state index in [4.69, 9.17) is 16.3 Å². The summed E-state index contributed by atoms with van der Waals surface area (Å²) in [6.45, 7) is 3.39. The number of nitrogens with one attached hydrogen (secondary N) is 1. The van der Waals surface area contributed by atoms with Crippen molar-refractivity contribution in [2.45, 2.75) is 51.0 Å². The molecule has 4 rings (SSSR count). The van der Waals surface area contributed by atoms with Gasteiger partial charge in [-0.25, -0.2) is 14.8 Å². The summed E-state index contributed by atoms with van der Waals surface area (Å²) in [5, 5.41) is 13.2. The molecule has 1 aliphatic carbocycles. The number of nitrogens with zero attached hydrogens (tertiary/aromatic N) is 3.